The maximum Gasteiger partial charge on any atom is 0.120 e. The number of nitrogens with one attached hydrogen (secondary N) is 4. The lowest BCUT2D eigenvalue weighted by Gasteiger charge is -2.24. The molecule has 2 heterocycles. The normalized spacial score (nSPS) is 11.3. The molecule has 0 unspecified atom stereocenters. The van der Waals surface area contributed by atoms with E-state index in [2.05, 4.69) is 237 Å². The third kappa shape index (κ3) is 8.34. The predicted octanol–water partition coefficient (Wildman–Crippen LogP) is 18.2. The second-order valence-corrected chi connectivity index (χ2v) is 18.8. The Labute approximate surface area is 441 Å². The first-order valence-corrected chi connectivity index (χ1v) is 25.5. The number of methoxy groups -OCH3 is 2. The fraction of sp³-hybridized carbons (Fsp3) is 0.0294. The molecule has 76 heavy (non-hydrogen) atoms. The maximum absolute atomic E-state index is 5.73. The molecule has 4 N–H and O–H groups in total. The molecule has 366 valence electrons. The molecule has 0 saturated carbocycles. The van der Waals surface area contributed by atoms with Crippen molar-refractivity contribution in [2.24, 2.45) is 0 Å². The number of benzene rings is 11. The lowest BCUT2D eigenvalue weighted by molar-refractivity contribution is 0.415. The van der Waals surface area contributed by atoms with Crippen molar-refractivity contribution in [2.75, 3.05) is 35.5 Å². The van der Waals surface area contributed by atoms with E-state index in [1.807, 2.05) is 48.5 Å². The van der Waals surface area contributed by atoms with Crippen LogP contribution in [0.3, 0.4) is 0 Å². The summed E-state index contributed by atoms with van der Waals surface area (Å²) in [6.45, 7) is 0. The minimum absolute atomic E-state index is 0.769. The summed E-state index contributed by atoms with van der Waals surface area (Å²) in [5.41, 5.74) is 18.0. The molecule has 13 aromatic rings. The summed E-state index contributed by atoms with van der Waals surface area (Å²) in [5.74, 6) is 1.54. The summed E-state index contributed by atoms with van der Waals surface area (Å²) in [4.78, 5) is 0. The van der Waals surface area contributed by atoms with Gasteiger partial charge in [0.25, 0.3) is 0 Å². The van der Waals surface area contributed by atoms with E-state index >= 15 is 0 Å². The quantitative estimate of drug-likeness (QED) is 0.0870. The van der Waals surface area contributed by atoms with Crippen molar-refractivity contribution in [1.82, 2.24) is 9.13 Å². The first kappa shape index (κ1) is 45.7. The van der Waals surface area contributed by atoms with Crippen LogP contribution in [0.15, 0.2) is 255 Å². The largest absolute Gasteiger partial charge is 0.497 e. The number of anilines is 8. The summed E-state index contributed by atoms with van der Waals surface area (Å²) >= 11 is 0. The van der Waals surface area contributed by atoms with Crippen LogP contribution < -0.4 is 30.7 Å². The zero-order valence-corrected chi connectivity index (χ0v) is 42.0. The molecule has 0 aliphatic heterocycles. The van der Waals surface area contributed by atoms with Crippen LogP contribution in [-0.2, 0) is 0 Å². The lowest BCUT2D eigenvalue weighted by atomic mass is 10.00. The van der Waals surface area contributed by atoms with Crippen molar-refractivity contribution in [3.63, 3.8) is 0 Å². The van der Waals surface area contributed by atoms with Crippen LogP contribution in [0.4, 0.5) is 45.5 Å². The van der Waals surface area contributed by atoms with Gasteiger partial charge in [0.05, 0.1) is 70.4 Å². The van der Waals surface area contributed by atoms with Gasteiger partial charge in [0.2, 0.25) is 0 Å². The van der Waals surface area contributed by atoms with Gasteiger partial charge in [-0.15, -0.1) is 0 Å². The molecule has 0 aliphatic rings. The van der Waals surface area contributed by atoms with Gasteiger partial charge in [-0.25, -0.2) is 0 Å². The lowest BCUT2D eigenvalue weighted by Crippen LogP contribution is -2.06. The number of para-hydroxylation sites is 4. The summed E-state index contributed by atoms with van der Waals surface area (Å²) in [7, 11) is 3.41. The molecule has 0 amide bonds. The van der Waals surface area contributed by atoms with Crippen molar-refractivity contribution >= 4 is 89.1 Å². The Morgan fingerprint density at radius 1 is 0.276 bits per heavy atom. The van der Waals surface area contributed by atoms with E-state index in [4.69, 9.17) is 9.47 Å². The van der Waals surface area contributed by atoms with E-state index in [0.29, 0.717) is 0 Å². The second-order valence-electron chi connectivity index (χ2n) is 18.8. The Morgan fingerprint density at radius 3 is 1.04 bits per heavy atom. The van der Waals surface area contributed by atoms with Gasteiger partial charge in [-0.1, -0.05) is 158 Å². The fourth-order valence-electron chi connectivity index (χ4n) is 10.8. The average molecular weight is 985 g/mol. The van der Waals surface area contributed by atoms with Crippen LogP contribution in [0, 0.1) is 0 Å². The number of rotatable bonds is 14. The molecule has 0 radical (unpaired) electrons. The molecule has 11 aromatic carbocycles. The van der Waals surface area contributed by atoms with Crippen molar-refractivity contribution in [3.8, 4) is 45.1 Å². The Hall–Kier alpha value is -10.2. The van der Waals surface area contributed by atoms with Crippen LogP contribution in [0.1, 0.15) is 0 Å². The predicted molar refractivity (Wildman–Crippen MR) is 318 cm³/mol. The Kier molecular flexibility index (Phi) is 11.8. The van der Waals surface area contributed by atoms with Gasteiger partial charge in [0, 0.05) is 67.6 Å². The van der Waals surface area contributed by atoms with Crippen LogP contribution in [-0.4, -0.2) is 23.4 Å². The smallest absolute Gasteiger partial charge is 0.120 e. The summed E-state index contributed by atoms with van der Waals surface area (Å²) in [6, 6.07) is 89.5. The molecule has 0 aliphatic carbocycles. The van der Waals surface area contributed by atoms with Crippen molar-refractivity contribution < 1.29 is 9.47 Å². The highest BCUT2D eigenvalue weighted by Crippen LogP contribution is 2.48. The molecular weight excluding hydrogens is 933 g/mol. The van der Waals surface area contributed by atoms with E-state index in [0.717, 1.165) is 134 Å². The average Bonchev–Trinajstić information content (AvgIpc) is 4.04. The molecule has 0 fully saturated rings. The molecule has 13 rings (SSSR count). The molecule has 0 bridgehead atoms. The van der Waals surface area contributed by atoms with E-state index in [9.17, 15) is 0 Å². The van der Waals surface area contributed by atoms with Crippen molar-refractivity contribution in [3.05, 3.63) is 255 Å². The molecule has 2 aromatic heterocycles. The SMILES string of the molecule is COc1cccc(Nc2c(-c3ccccc3)ccc(-n3c4ccccc4c4cc5c(cc43)c3ccccc3n5-c3ccc(-c4ccccc4)c(Nc4cccc(OC)c4)c3Nc3ccccc3)c2Nc2ccccc2)c1. The van der Waals surface area contributed by atoms with Gasteiger partial charge in [-0.3, -0.25) is 0 Å². The number of hydrogen-bond acceptors (Lipinski definition) is 6. The highest BCUT2D eigenvalue weighted by molar-refractivity contribution is 6.20. The van der Waals surface area contributed by atoms with Gasteiger partial charge in [-0.05, 0) is 96.1 Å². The number of hydrogen-bond donors (Lipinski definition) is 4. The topological polar surface area (TPSA) is 76.4 Å². The maximum atomic E-state index is 5.73. The summed E-state index contributed by atoms with van der Waals surface area (Å²) in [6.07, 6.45) is 0. The van der Waals surface area contributed by atoms with Gasteiger partial charge in [0.1, 0.15) is 11.5 Å². The van der Waals surface area contributed by atoms with Gasteiger partial charge in [-0.2, -0.15) is 0 Å². The number of nitrogens with zero attached hydrogens (tertiary/aromatic N) is 2. The molecule has 0 atom stereocenters. The monoisotopic (exact) mass is 984 g/mol. The standard InChI is InChI=1S/C68H52N6O2/c1-75-51-31-19-29-49(41-51)71-65-53(45-21-7-3-8-22-45)37-39-61(67(65)69-47-25-11-5-12-26-47)73-59-35-17-15-33-55(59)57-44-64-58(43-63(57)73)56-34-16-18-36-60(56)74(64)62-40-38-54(46-23-9-4-10-24-46)66(68(62)70-48-27-13-6-14-28-48)72-50-30-20-32-52(42-50)76-2/h3-44,69-72H,1-2H3. The van der Waals surface area contributed by atoms with Gasteiger partial charge >= 0.3 is 0 Å². The van der Waals surface area contributed by atoms with E-state index in [1.165, 1.54) is 0 Å². The van der Waals surface area contributed by atoms with E-state index < -0.39 is 0 Å². The first-order chi connectivity index (χ1) is 37.6. The number of fused-ring (bicyclic) bond motifs is 6. The summed E-state index contributed by atoms with van der Waals surface area (Å²) < 4.78 is 16.3. The zero-order chi connectivity index (χ0) is 51.0. The second kappa shape index (κ2) is 19.7. The minimum Gasteiger partial charge on any atom is -0.497 e. The van der Waals surface area contributed by atoms with Crippen LogP contribution in [0.25, 0.3) is 77.2 Å². The van der Waals surface area contributed by atoms with Crippen LogP contribution >= 0.6 is 0 Å². The van der Waals surface area contributed by atoms with Gasteiger partial charge in [0.15, 0.2) is 0 Å². The Bertz CT molecular complexity index is 3970. The summed E-state index contributed by atoms with van der Waals surface area (Å²) in [5, 5.41) is 20.2. The fourth-order valence-corrected chi connectivity index (χ4v) is 10.8. The van der Waals surface area contributed by atoms with Crippen LogP contribution in [0.2, 0.25) is 0 Å². The molecule has 0 saturated heterocycles. The van der Waals surface area contributed by atoms with Gasteiger partial charge < -0.3 is 39.9 Å². The number of ether oxygens (including phenoxy) is 2. The first-order valence-electron chi connectivity index (χ1n) is 25.5. The van der Waals surface area contributed by atoms with Crippen LogP contribution in [0.5, 0.6) is 11.5 Å². The molecule has 0 spiro atoms. The molecule has 8 heteroatoms. The Morgan fingerprint density at radius 2 is 0.632 bits per heavy atom. The minimum atomic E-state index is 0.769. The molecular formula is C68H52N6O2. The van der Waals surface area contributed by atoms with Crippen molar-refractivity contribution in [2.45, 2.75) is 0 Å². The third-order valence-corrected chi connectivity index (χ3v) is 14.2. The molecule has 8 nitrogen and oxygen atoms in total. The highest BCUT2D eigenvalue weighted by atomic mass is 16.5. The Balaban J connectivity index is 1.09. The van der Waals surface area contributed by atoms with E-state index in [-0.39, 0.29) is 0 Å². The highest BCUT2D eigenvalue weighted by Gasteiger charge is 2.25. The van der Waals surface area contributed by atoms with Crippen molar-refractivity contribution in [1.29, 1.82) is 0 Å². The zero-order valence-electron chi connectivity index (χ0n) is 42.0. The third-order valence-electron chi connectivity index (χ3n) is 14.2. The number of aromatic nitrogens is 2. The van der Waals surface area contributed by atoms with E-state index in [1.54, 1.807) is 14.2 Å².